The Morgan fingerprint density at radius 1 is 1.30 bits per heavy atom. The Bertz CT molecular complexity index is 520. The normalized spacial score (nSPS) is 14.2. The van der Waals surface area contributed by atoms with Crippen LogP contribution in [0, 0.1) is 0 Å². The second kappa shape index (κ2) is 6.84. The van der Waals surface area contributed by atoms with Crippen molar-refractivity contribution in [3.63, 3.8) is 0 Å². The quantitative estimate of drug-likeness (QED) is 0.812. The van der Waals surface area contributed by atoms with Crippen LogP contribution in [0.3, 0.4) is 0 Å². The molecule has 0 aromatic heterocycles. The molecule has 0 aliphatic carbocycles. The van der Waals surface area contributed by atoms with Crippen LogP contribution in [0.4, 0.5) is 0 Å². The average molecular weight is 273 g/mol. The molecule has 0 fully saturated rings. The van der Waals surface area contributed by atoms with E-state index >= 15 is 0 Å². The minimum absolute atomic E-state index is 0.0474. The van der Waals surface area contributed by atoms with E-state index in [1.165, 1.54) is 0 Å². The lowest BCUT2D eigenvalue weighted by Crippen LogP contribution is -2.43. The molecule has 0 radical (unpaired) electrons. The summed E-state index contributed by atoms with van der Waals surface area (Å²) in [4.78, 5) is 27.1. The summed E-state index contributed by atoms with van der Waals surface area (Å²) in [6.07, 6.45) is 2.05. The van der Waals surface area contributed by atoms with Gasteiger partial charge in [-0.2, -0.15) is 0 Å². The fourth-order valence-electron chi connectivity index (χ4n) is 1.97. The second-order valence-corrected chi connectivity index (χ2v) is 4.81. The molecule has 106 valence electrons. The summed E-state index contributed by atoms with van der Waals surface area (Å²) in [5, 5.41) is 5.81. The van der Waals surface area contributed by atoms with E-state index in [-0.39, 0.29) is 11.7 Å². The number of rotatable bonds is 4. The lowest BCUT2D eigenvalue weighted by Gasteiger charge is -2.14. The van der Waals surface area contributed by atoms with Gasteiger partial charge < -0.3 is 5.32 Å². The highest BCUT2D eigenvalue weighted by Crippen LogP contribution is 2.07. The number of carbonyl (C=O) groups excluding carboxylic acids is 2. The molecule has 0 spiro atoms. The number of aliphatic imine (C=N–C) groups is 1. The summed E-state index contributed by atoms with van der Waals surface area (Å²) in [6, 6.07) is 7.37. The molecule has 1 aliphatic rings. The number of nitrogens with zero attached hydrogens (tertiary/aromatic N) is 1. The zero-order valence-electron chi connectivity index (χ0n) is 11.6. The van der Waals surface area contributed by atoms with Crippen LogP contribution in [0.15, 0.2) is 29.3 Å². The third-order valence-corrected chi connectivity index (χ3v) is 3.16. The number of benzene rings is 1. The fraction of sp³-hybridized carbons (Fsp3) is 0.400. The summed E-state index contributed by atoms with van der Waals surface area (Å²) in [6.45, 7) is 3.15. The highest BCUT2D eigenvalue weighted by molar-refractivity contribution is 5.97. The van der Waals surface area contributed by atoms with E-state index in [1.807, 2.05) is 12.1 Å². The van der Waals surface area contributed by atoms with Gasteiger partial charge in [-0.25, -0.2) is 0 Å². The lowest BCUT2D eigenvalue weighted by atomic mass is 10.1. The number of nitrogens with one attached hydrogen (secondary N) is 2. The Kier molecular flexibility index (Phi) is 4.87. The van der Waals surface area contributed by atoms with Crippen molar-refractivity contribution in [1.29, 1.82) is 0 Å². The first-order valence-corrected chi connectivity index (χ1v) is 6.83. The summed E-state index contributed by atoms with van der Waals surface area (Å²) < 4.78 is 0. The first kappa shape index (κ1) is 14.2. The van der Waals surface area contributed by atoms with Crippen LogP contribution < -0.4 is 10.6 Å². The molecule has 1 aromatic carbocycles. The van der Waals surface area contributed by atoms with E-state index in [2.05, 4.69) is 15.6 Å². The number of hydrogen-bond donors (Lipinski definition) is 2. The van der Waals surface area contributed by atoms with Crippen molar-refractivity contribution in [3.8, 4) is 0 Å². The molecule has 0 unspecified atom stereocenters. The van der Waals surface area contributed by atoms with Crippen molar-refractivity contribution in [1.82, 2.24) is 10.6 Å². The Morgan fingerprint density at radius 2 is 2.05 bits per heavy atom. The Balaban J connectivity index is 1.80. The molecule has 2 rings (SSSR count). The fourth-order valence-corrected chi connectivity index (χ4v) is 1.97. The number of guanidine groups is 1. The number of amides is 1. The number of carbonyl (C=O) groups is 2. The first-order valence-electron chi connectivity index (χ1n) is 6.83. The minimum Gasteiger partial charge on any atom is -0.356 e. The zero-order chi connectivity index (χ0) is 14.4. The molecule has 0 atom stereocenters. The van der Waals surface area contributed by atoms with Crippen LogP contribution in [0.25, 0.3) is 0 Å². The molecule has 1 amide bonds. The average Bonchev–Trinajstić information content (AvgIpc) is 2.46. The van der Waals surface area contributed by atoms with Gasteiger partial charge in [-0.05, 0) is 25.3 Å². The van der Waals surface area contributed by atoms with Crippen LogP contribution in [0.1, 0.15) is 35.7 Å². The van der Waals surface area contributed by atoms with E-state index in [1.54, 1.807) is 19.1 Å². The standard InChI is InChI=1S/C15H19N3O2/c1-11(19)13-6-3-12(4-7-13)5-8-14(20)18-15-16-9-2-10-17-15/h3-4,6-7H,2,5,8-10H2,1H3,(H2,16,17,18,20). The second-order valence-electron chi connectivity index (χ2n) is 4.81. The van der Waals surface area contributed by atoms with Crippen molar-refractivity contribution in [2.45, 2.75) is 26.2 Å². The number of hydrogen-bond acceptors (Lipinski definition) is 4. The van der Waals surface area contributed by atoms with Crippen molar-refractivity contribution in [2.75, 3.05) is 13.1 Å². The van der Waals surface area contributed by atoms with Gasteiger partial charge in [-0.15, -0.1) is 0 Å². The number of ketones is 1. The van der Waals surface area contributed by atoms with E-state index < -0.39 is 0 Å². The van der Waals surface area contributed by atoms with Crippen LogP contribution in [0.5, 0.6) is 0 Å². The van der Waals surface area contributed by atoms with E-state index in [4.69, 9.17) is 0 Å². The minimum atomic E-state index is -0.0474. The first-order chi connectivity index (χ1) is 9.65. The summed E-state index contributed by atoms with van der Waals surface area (Å²) in [5.41, 5.74) is 1.74. The molecule has 5 heteroatoms. The monoisotopic (exact) mass is 273 g/mol. The molecule has 1 aromatic rings. The van der Waals surface area contributed by atoms with E-state index in [0.29, 0.717) is 24.4 Å². The van der Waals surface area contributed by atoms with Crippen molar-refractivity contribution in [3.05, 3.63) is 35.4 Å². The molecule has 0 saturated heterocycles. The van der Waals surface area contributed by atoms with Crippen molar-refractivity contribution in [2.24, 2.45) is 4.99 Å². The summed E-state index contributed by atoms with van der Waals surface area (Å²) in [5.74, 6) is 0.581. The number of Topliss-reactive ketones (excluding diaryl/α,β-unsaturated/α-hetero) is 1. The summed E-state index contributed by atoms with van der Waals surface area (Å²) in [7, 11) is 0. The molecule has 1 aliphatic heterocycles. The maximum absolute atomic E-state index is 11.8. The van der Waals surface area contributed by atoms with Crippen LogP contribution in [-0.2, 0) is 11.2 Å². The molecule has 2 N–H and O–H groups in total. The zero-order valence-corrected chi connectivity index (χ0v) is 11.6. The molecular weight excluding hydrogens is 254 g/mol. The highest BCUT2D eigenvalue weighted by atomic mass is 16.1. The molecule has 0 saturated carbocycles. The van der Waals surface area contributed by atoms with Gasteiger partial charge in [0.25, 0.3) is 0 Å². The Hall–Kier alpha value is -2.17. The van der Waals surface area contributed by atoms with Gasteiger partial charge in [-0.1, -0.05) is 24.3 Å². The number of aryl methyl sites for hydroxylation is 1. The third kappa shape index (κ3) is 4.19. The maximum atomic E-state index is 11.8. The van der Waals surface area contributed by atoms with Crippen molar-refractivity contribution >= 4 is 17.6 Å². The van der Waals surface area contributed by atoms with Crippen LogP contribution in [-0.4, -0.2) is 30.7 Å². The Morgan fingerprint density at radius 3 is 2.65 bits per heavy atom. The SMILES string of the molecule is CC(=O)c1ccc(CCC(=O)NC2=NCCCN2)cc1. The highest BCUT2D eigenvalue weighted by Gasteiger charge is 2.08. The van der Waals surface area contributed by atoms with Gasteiger partial charge in [0.05, 0.1) is 0 Å². The van der Waals surface area contributed by atoms with Gasteiger partial charge >= 0.3 is 0 Å². The van der Waals surface area contributed by atoms with Gasteiger partial charge in [0.2, 0.25) is 5.91 Å². The molecule has 1 heterocycles. The van der Waals surface area contributed by atoms with Crippen LogP contribution >= 0.6 is 0 Å². The Labute approximate surface area is 118 Å². The van der Waals surface area contributed by atoms with E-state index in [0.717, 1.165) is 25.1 Å². The largest absolute Gasteiger partial charge is 0.356 e. The van der Waals surface area contributed by atoms with Crippen molar-refractivity contribution < 1.29 is 9.59 Å². The van der Waals surface area contributed by atoms with Crippen LogP contribution in [0.2, 0.25) is 0 Å². The third-order valence-electron chi connectivity index (χ3n) is 3.16. The summed E-state index contributed by atoms with van der Waals surface area (Å²) >= 11 is 0. The van der Waals surface area contributed by atoms with Gasteiger partial charge in [0.15, 0.2) is 11.7 Å². The molecule has 20 heavy (non-hydrogen) atoms. The van der Waals surface area contributed by atoms with Gasteiger partial charge in [0, 0.05) is 25.1 Å². The lowest BCUT2D eigenvalue weighted by molar-refractivity contribution is -0.119. The molecular formula is C15H19N3O2. The molecule has 5 nitrogen and oxygen atoms in total. The smallest absolute Gasteiger partial charge is 0.226 e. The maximum Gasteiger partial charge on any atom is 0.226 e. The predicted molar refractivity (Wildman–Crippen MR) is 77.8 cm³/mol. The topological polar surface area (TPSA) is 70.6 Å². The van der Waals surface area contributed by atoms with Gasteiger partial charge in [0.1, 0.15) is 0 Å². The molecule has 0 bridgehead atoms. The van der Waals surface area contributed by atoms with Gasteiger partial charge in [-0.3, -0.25) is 19.9 Å². The predicted octanol–water partition coefficient (Wildman–Crippen LogP) is 1.29. The van der Waals surface area contributed by atoms with E-state index in [9.17, 15) is 9.59 Å².